The smallest absolute Gasteiger partial charge is 0.371 e. The summed E-state index contributed by atoms with van der Waals surface area (Å²) in [7, 11) is 1.09. The van der Waals surface area contributed by atoms with Gasteiger partial charge >= 0.3 is 11.9 Å². The Morgan fingerprint density at radius 1 is 1.50 bits per heavy atom. The van der Waals surface area contributed by atoms with E-state index in [9.17, 15) is 9.59 Å². The maximum atomic E-state index is 10.6. The van der Waals surface area contributed by atoms with Crippen molar-refractivity contribution < 1.29 is 19.2 Å². The summed E-state index contributed by atoms with van der Waals surface area (Å²) in [4.78, 5) is 24.8. The van der Waals surface area contributed by atoms with Gasteiger partial charge in [0.15, 0.2) is 0 Å². The Kier molecular flexibility index (Phi) is 4.08. The highest BCUT2D eigenvalue weighted by molar-refractivity contribution is 6.42. The van der Waals surface area contributed by atoms with Crippen LogP contribution >= 0.6 is 0 Å². The summed E-state index contributed by atoms with van der Waals surface area (Å²) in [5, 5.41) is 11.2. The first-order valence-electron chi connectivity index (χ1n) is 2.85. The molecule has 0 atom stereocenters. The molecule has 0 fully saturated rings. The molecule has 64 valence electrons. The third-order valence-corrected chi connectivity index (χ3v) is 0.750. The van der Waals surface area contributed by atoms with Gasteiger partial charge in [-0.05, 0) is 0 Å². The van der Waals surface area contributed by atoms with Crippen molar-refractivity contribution in [2.75, 3.05) is 7.11 Å². The molecule has 0 N–H and O–H groups in total. The van der Waals surface area contributed by atoms with Crippen molar-refractivity contribution >= 4 is 17.7 Å². The number of esters is 1. The van der Waals surface area contributed by atoms with E-state index in [1.165, 1.54) is 6.07 Å². The van der Waals surface area contributed by atoms with Gasteiger partial charge in [-0.15, -0.1) is 0 Å². The van der Waals surface area contributed by atoms with Gasteiger partial charge in [0.05, 0.1) is 7.11 Å². The topological polar surface area (TPSA) is 88.8 Å². The number of methoxy groups -OCH3 is 1. The fourth-order valence-electron chi connectivity index (χ4n) is 0.310. The van der Waals surface area contributed by atoms with E-state index in [-0.39, 0.29) is 0 Å². The van der Waals surface area contributed by atoms with Crippen LogP contribution in [0.4, 0.5) is 0 Å². The third-order valence-electron chi connectivity index (χ3n) is 0.750. The van der Waals surface area contributed by atoms with Gasteiger partial charge in [0.2, 0.25) is 0 Å². The lowest BCUT2D eigenvalue weighted by Crippen LogP contribution is -2.14. The fourth-order valence-corrected chi connectivity index (χ4v) is 0.310. The summed E-state index contributed by atoms with van der Waals surface area (Å²) >= 11 is 0. The van der Waals surface area contributed by atoms with Crippen LogP contribution in [0.25, 0.3) is 0 Å². The number of nitriles is 1. The normalized spacial score (nSPS) is 9.92. The number of rotatable bonds is 2. The molecule has 6 nitrogen and oxygen atoms in total. The predicted octanol–water partition coefficient (Wildman–Crippen LogP) is -0.398. The number of oxime groups is 1. The second-order valence-corrected chi connectivity index (χ2v) is 1.63. The Labute approximate surface area is 68.4 Å². The van der Waals surface area contributed by atoms with Gasteiger partial charge in [0.1, 0.15) is 6.07 Å². The molecule has 0 saturated carbocycles. The molecule has 12 heavy (non-hydrogen) atoms. The van der Waals surface area contributed by atoms with E-state index in [1.807, 2.05) is 0 Å². The molecule has 0 bridgehead atoms. The molecule has 0 aliphatic heterocycles. The van der Waals surface area contributed by atoms with Crippen molar-refractivity contribution in [1.82, 2.24) is 0 Å². The first-order valence-corrected chi connectivity index (χ1v) is 2.85. The number of carbonyl (C=O) groups excluding carboxylic acids is 2. The molecule has 0 aliphatic carbocycles. The molecule has 0 radical (unpaired) electrons. The van der Waals surface area contributed by atoms with Crippen LogP contribution in [0.3, 0.4) is 0 Å². The van der Waals surface area contributed by atoms with Gasteiger partial charge in [-0.2, -0.15) is 5.26 Å². The van der Waals surface area contributed by atoms with Crippen molar-refractivity contribution in [3.8, 4) is 6.07 Å². The number of nitrogens with zero attached hydrogens (tertiary/aromatic N) is 2. The summed E-state index contributed by atoms with van der Waals surface area (Å²) in [6, 6.07) is 1.41. The first kappa shape index (κ1) is 10.1. The van der Waals surface area contributed by atoms with E-state index in [2.05, 4.69) is 14.7 Å². The third kappa shape index (κ3) is 3.31. The standard InChI is InChI=1S/C6H6N2O4/c1-4(9)12-8-5(3-7)6(10)11-2/h1-2H3/b8-5+. The van der Waals surface area contributed by atoms with Crippen molar-refractivity contribution in [3.05, 3.63) is 0 Å². The lowest BCUT2D eigenvalue weighted by atomic mass is 10.4. The van der Waals surface area contributed by atoms with E-state index in [4.69, 9.17) is 5.26 Å². The van der Waals surface area contributed by atoms with Crippen LogP contribution in [0.1, 0.15) is 6.92 Å². The summed E-state index contributed by atoms with van der Waals surface area (Å²) in [5.41, 5.74) is -0.604. The van der Waals surface area contributed by atoms with Crippen LogP contribution in [0.2, 0.25) is 0 Å². The fraction of sp³-hybridized carbons (Fsp3) is 0.333. The van der Waals surface area contributed by atoms with Crippen molar-refractivity contribution in [1.29, 1.82) is 5.26 Å². The van der Waals surface area contributed by atoms with Gasteiger partial charge in [0.25, 0.3) is 5.71 Å². The minimum atomic E-state index is -0.946. The van der Waals surface area contributed by atoms with Crippen molar-refractivity contribution in [2.45, 2.75) is 6.92 Å². The van der Waals surface area contributed by atoms with Gasteiger partial charge in [-0.3, -0.25) is 0 Å². The average Bonchev–Trinajstić information content (AvgIpc) is 2.04. The SMILES string of the molecule is COC(=O)/C(C#N)=N/OC(C)=O. The molecule has 0 aromatic rings. The zero-order valence-electron chi connectivity index (χ0n) is 6.53. The van der Waals surface area contributed by atoms with Gasteiger partial charge in [0, 0.05) is 6.92 Å². The van der Waals surface area contributed by atoms with Crippen LogP contribution < -0.4 is 0 Å². The second-order valence-electron chi connectivity index (χ2n) is 1.63. The van der Waals surface area contributed by atoms with Crippen LogP contribution in [-0.4, -0.2) is 24.8 Å². The molecular weight excluding hydrogens is 164 g/mol. The lowest BCUT2D eigenvalue weighted by Gasteiger charge is -1.93. The second kappa shape index (κ2) is 4.85. The van der Waals surface area contributed by atoms with Gasteiger partial charge in [-0.25, -0.2) is 9.59 Å². The van der Waals surface area contributed by atoms with Crippen LogP contribution in [0.5, 0.6) is 0 Å². The van der Waals surface area contributed by atoms with E-state index in [0.29, 0.717) is 0 Å². The van der Waals surface area contributed by atoms with Crippen molar-refractivity contribution in [3.63, 3.8) is 0 Å². The summed E-state index contributed by atoms with van der Waals surface area (Å²) in [6.07, 6.45) is 0. The highest BCUT2D eigenvalue weighted by atomic mass is 16.7. The van der Waals surface area contributed by atoms with Gasteiger partial charge in [-0.1, -0.05) is 5.16 Å². The maximum Gasteiger partial charge on any atom is 0.371 e. The van der Waals surface area contributed by atoms with Crippen LogP contribution in [0, 0.1) is 11.3 Å². The highest BCUT2D eigenvalue weighted by Gasteiger charge is 2.11. The van der Waals surface area contributed by atoms with Crippen LogP contribution in [0.15, 0.2) is 5.16 Å². The molecular formula is C6H6N2O4. The summed E-state index contributed by atoms with van der Waals surface area (Å²) in [6.45, 7) is 1.09. The molecule has 0 spiro atoms. The molecule has 0 saturated heterocycles. The zero-order chi connectivity index (χ0) is 9.56. The molecule has 0 unspecified atom stereocenters. The molecule has 0 aromatic heterocycles. The van der Waals surface area contributed by atoms with E-state index in [1.54, 1.807) is 0 Å². The number of hydrogen-bond donors (Lipinski definition) is 0. The Hall–Kier alpha value is -1.90. The summed E-state index contributed by atoms with van der Waals surface area (Å²) < 4.78 is 4.15. The zero-order valence-corrected chi connectivity index (χ0v) is 6.53. The number of hydrogen-bond acceptors (Lipinski definition) is 6. The average molecular weight is 170 g/mol. The molecule has 0 heterocycles. The van der Waals surface area contributed by atoms with Crippen LogP contribution in [-0.2, 0) is 19.2 Å². The largest absolute Gasteiger partial charge is 0.464 e. The Balaban J connectivity index is 4.36. The molecule has 6 heteroatoms. The minimum absolute atomic E-state index is 0.604. The minimum Gasteiger partial charge on any atom is -0.464 e. The van der Waals surface area contributed by atoms with Crippen molar-refractivity contribution in [2.24, 2.45) is 5.16 Å². The van der Waals surface area contributed by atoms with E-state index >= 15 is 0 Å². The summed E-state index contributed by atoms with van der Waals surface area (Å²) in [5.74, 6) is -1.66. The van der Waals surface area contributed by atoms with E-state index < -0.39 is 17.7 Å². The maximum absolute atomic E-state index is 10.6. The number of carbonyl (C=O) groups is 2. The quantitative estimate of drug-likeness (QED) is 0.243. The molecule has 0 aliphatic rings. The first-order chi connectivity index (χ1) is 5.61. The predicted molar refractivity (Wildman–Crippen MR) is 36.8 cm³/mol. The lowest BCUT2D eigenvalue weighted by molar-refractivity contribution is -0.141. The highest BCUT2D eigenvalue weighted by Crippen LogP contribution is 1.85. The molecule has 0 rings (SSSR count). The molecule has 0 aromatic carbocycles. The monoisotopic (exact) mass is 170 g/mol. The Bertz CT molecular complexity index is 263. The Morgan fingerprint density at radius 3 is 2.42 bits per heavy atom. The van der Waals surface area contributed by atoms with E-state index in [0.717, 1.165) is 14.0 Å². The number of ether oxygens (including phenoxy) is 1. The molecule has 0 amide bonds. The van der Waals surface area contributed by atoms with Gasteiger partial charge < -0.3 is 9.57 Å². The Morgan fingerprint density at radius 2 is 2.08 bits per heavy atom.